The van der Waals surface area contributed by atoms with Gasteiger partial charge in [-0.25, -0.2) is 4.39 Å². The second-order valence-corrected chi connectivity index (χ2v) is 3.97. The molecule has 0 aliphatic rings. The van der Waals surface area contributed by atoms with Crippen LogP contribution < -0.4 is 4.74 Å². The van der Waals surface area contributed by atoms with Crippen LogP contribution in [0.2, 0.25) is 0 Å². The Morgan fingerprint density at radius 2 is 2.12 bits per heavy atom. The van der Waals surface area contributed by atoms with Crippen LogP contribution in [0.4, 0.5) is 4.39 Å². The summed E-state index contributed by atoms with van der Waals surface area (Å²) in [5, 5.41) is 7.39. The van der Waals surface area contributed by atoms with E-state index in [1.807, 2.05) is 6.07 Å². The van der Waals surface area contributed by atoms with E-state index in [1.165, 1.54) is 6.07 Å². The lowest BCUT2D eigenvalue weighted by Crippen LogP contribution is -1.96. The molecule has 2 aromatic rings. The van der Waals surface area contributed by atoms with Gasteiger partial charge in [0, 0.05) is 11.8 Å². The Morgan fingerprint density at radius 3 is 2.81 bits per heavy atom. The molecule has 3 nitrogen and oxygen atoms in total. The normalized spacial score (nSPS) is 10.1. The van der Waals surface area contributed by atoms with Crippen LogP contribution in [0.1, 0.15) is 5.56 Å². The quantitative estimate of drug-likeness (QED) is 0.868. The first-order valence-electron chi connectivity index (χ1n) is 4.59. The molecule has 1 heterocycles. The second kappa shape index (κ2) is 5.03. The average Bonchev–Trinajstić information content (AvgIpc) is 2.32. The standard InChI is InChI=1S/C11H8BrFN2O/c12-10-5-9(1-2-11(10)13)16-7-8-3-4-14-15-6-8/h1-6H,7H2. The van der Waals surface area contributed by atoms with E-state index < -0.39 is 0 Å². The highest BCUT2D eigenvalue weighted by molar-refractivity contribution is 9.10. The summed E-state index contributed by atoms with van der Waals surface area (Å²) in [5.41, 5.74) is 0.912. The maximum absolute atomic E-state index is 12.9. The van der Waals surface area contributed by atoms with Crippen molar-refractivity contribution in [1.82, 2.24) is 10.2 Å². The number of hydrogen-bond acceptors (Lipinski definition) is 3. The third-order valence-electron chi connectivity index (χ3n) is 1.94. The Bertz CT molecular complexity index is 479. The van der Waals surface area contributed by atoms with E-state index in [0.717, 1.165) is 5.56 Å². The summed E-state index contributed by atoms with van der Waals surface area (Å²) in [5.74, 6) is 0.294. The van der Waals surface area contributed by atoms with E-state index in [0.29, 0.717) is 16.8 Å². The SMILES string of the molecule is Fc1ccc(OCc2ccnnc2)cc1Br. The molecule has 0 saturated carbocycles. The number of hydrogen-bond donors (Lipinski definition) is 0. The van der Waals surface area contributed by atoms with Crippen molar-refractivity contribution < 1.29 is 9.13 Å². The minimum atomic E-state index is -0.307. The van der Waals surface area contributed by atoms with E-state index in [2.05, 4.69) is 26.1 Å². The minimum Gasteiger partial charge on any atom is -0.489 e. The van der Waals surface area contributed by atoms with Crippen LogP contribution in [-0.2, 0) is 6.61 Å². The van der Waals surface area contributed by atoms with Crippen LogP contribution in [0.15, 0.2) is 41.1 Å². The van der Waals surface area contributed by atoms with Gasteiger partial charge in [-0.1, -0.05) is 0 Å². The van der Waals surface area contributed by atoms with Crippen LogP contribution in [0.25, 0.3) is 0 Å². The van der Waals surface area contributed by atoms with Gasteiger partial charge in [0.1, 0.15) is 18.2 Å². The van der Waals surface area contributed by atoms with Gasteiger partial charge in [0.2, 0.25) is 0 Å². The van der Waals surface area contributed by atoms with Crippen molar-refractivity contribution in [3.8, 4) is 5.75 Å². The van der Waals surface area contributed by atoms with E-state index in [4.69, 9.17) is 4.74 Å². The smallest absolute Gasteiger partial charge is 0.137 e. The van der Waals surface area contributed by atoms with Crippen LogP contribution in [0.5, 0.6) is 5.75 Å². The summed E-state index contributed by atoms with van der Waals surface area (Å²) in [7, 11) is 0. The zero-order valence-corrected chi connectivity index (χ0v) is 9.82. The molecule has 0 unspecified atom stereocenters. The Labute approximate surface area is 100 Å². The van der Waals surface area contributed by atoms with Gasteiger partial charge in [0.25, 0.3) is 0 Å². The van der Waals surface area contributed by atoms with Gasteiger partial charge < -0.3 is 4.74 Å². The molecule has 82 valence electrons. The predicted molar refractivity (Wildman–Crippen MR) is 60.5 cm³/mol. The van der Waals surface area contributed by atoms with Crippen LogP contribution in [-0.4, -0.2) is 10.2 Å². The first-order chi connectivity index (χ1) is 7.75. The molecule has 0 aliphatic heterocycles. The van der Waals surface area contributed by atoms with Crippen molar-refractivity contribution in [2.45, 2.75) is 6.61 Å². The fourth-order valence-corrected chi connectivity index (χ4v) is 1.49. The van der Waals surface area contributed by atoms with Gasteiger partial charge in [-0.15, -0.1) is 0 Å². The molecule has 5 heteroatoms. The molecule has 1 aromatic heterocycles. The average molecular weight is 283 g/mol. The lowest BCUT2D eigenvalue weighted by molar-refractivity contribution is 0.304. The van der Waals surface area contributed by atoms with Gasteiger partial charge in [0.05, 0.1) is 10.7 Å². The highest BCUT2D eigenvalue weighted by Crippen LogP contribution is 2.22. The Balaban J connectivity index is 2.03. The van der Waals surface area contributed by atoms with E-state index in [-0.39, 0.29) is 5.82 Å². The van der Waals surface area contributed by atoms with Gasteiger partial charge in [-0.2, -0.15) is 10.2 Å². The monoisotopic (exact) mass is 282 g/mol. The molecule has 0 bridgehead atoms. The molecule has 1 aromatic carbocycles. The lowest BCUT2D eigenvalue weighted by Gasteiger charge is -2.06. The molecule has 16 heavy (non-hydrogen) atoms. The molecule has 0 amide bonds. The zero-order valence-electron chi connectivity index (χ0n) is 8.23. The van der Waals surface area contributed by atoms with Crippen LogP contribution >= 0.6 is 15.9 Å². The molecule has 0 atom stereocenters. The summed E-state index contributed by atoms with van der Waals surface area (Å²) in [6, 6.07) is 6.33. The first kappa shape index (κ1) is 11.0. The van der Waals surface area contributed by atoms with Crippen LogP contribution in [0, 0.1) is 5.82 Å². The molecular weight excluding hydrogens is 275 g/mol. The molecule has 0 N–H and O–H groups in total. The topological polar surface area (TPSA) is 35.0 Å². The fraction of sp³-hybridized carbons (Fsp3) is 0.0909. The third kappa shape index (κ3) is 2.76. The number of ether oxygens (including phenoxy) is 1. The highest BCUT2D eigenvalue weighted by atomic mass is 79.9. The van der Waals surface area contributed by atoms with Crippen molar-refractivity contribution >= 4 is 15.9 Å². The lowest BCUT2D eigenvalue weighted by atomic mass is 10.3. The third-order valence-corrected chi connectivity index (χ3v) is 2.55. The van der Waals surface area contributed by atoms with E-state index in [1.54, 1.807) is 24.5 Å². The number of benzene rings is 1. The summed E-state index contributed by atoms with van der Waals surface area (Å²) in [6.45, 7) is 0.383. The maximum Gasteiger partial charge on any atom is 0.137 e. The van der Waals surface area contributed by atoms with Gasteiger partial charge in [0.15, 0.2) is 0 Å². The van der Waals surface area contributed by atoms with Crippen molar-refractivity contribution in [2.24, 2.45) is 0 Å². The molecule has 0 fully saturated rings. The van der Waals surface area contributed by atoms with Gasteiger partial charge >= 0.3 is 0 Å². The minimum absolute atomic E-state index is 0.307. The first-order valence-corrected chi connectivity index (χ1v) is 5.38. The predicted octanol–water partition coefficient (Wildman–Crippen LogP) is 2.96. The summed E-state index contributed by atoms with van der Waals surface area (Å²) >= 11 is 3.09. The number of aromatic nitrogens is 2. The van der Waals surface area contributed by atoms with Crippen molar-refractivity contribution in [3.63, 3.8) is 0 Å². The summed E-state index contributed by atoms with van der Waals surface area (Å²) < 4.78 is 18.8. The molecular formula is C11H8BrFN2O. The molecule has 0 radical (unpaired) electrons. The summed E-state index contributed by atoms with van der Waals surface area (Å²) in [4.78, 5) is 0. The van der Waals surface area contributed by atoms with Gasteiger partial charge in [-0.3, -0.25) is 0 Å². The number of nitrogens with zero attached hydrogens (tertiary/aromatic N) is 2. The van der Waals surface area contributed by atoms with Crippen molar-refractivity contribution in [1.29, 1.82) is 0 Å². The Kier molecular flexibility index (Phi) is 3.46. The second-order valence-electron chi connectivity index (χ2n) is 3.12. The van der Waals surface area contributed by atoms with Crippen molar-refractivity contribution in [2.75, 3.05) is 0 Å². The van der Waals surface area contributed by atoms with E-state index in [9.17, 15) is 4.39 Å². The fourth-order valence-electron chi connectivity index (χ4n) is 1.14. The number of halogens is 2. The molecule has 2 rings (SSSR count). The highest BCUT2D eigenvalue weighted by Gasteiger charge is 2.01. The zero-order chi connectivity index (χ0) is 11.4. The molecule has 0 spiro atoms. The van der Waals surface area contributed by atoms with Crippen LogP contribution in [0.3, 0.4) is 0 Å². The molecule has 0 aliphatic carbocycles. The van der Waals surface area contributed by atoms with E-state index >= 15 is 0 Å². The molecule has 0 saturated heterocycles. The van der Waals surface area contributed by atoms with Gasteiger partial charge in [-0.05, 0) is 40.2 Å². The Morgan fingerprint density at radius 1 is 1.25 bits per heavy atom. The Hall–Kier alpha value is -1.49. The largest absolute Gasteiger partial charge is 0.489 e. The van der Waals surface area contributed by atoms with Crippen molar-refractivity contribution in [3.05, 3.63) is 52.5 Å². The summed E-state index contributed by atoms with van der Waals surface area (Å²) in [6.07, 6.45) is 3.22. The maximum atomic E-state index is 12.9. The number of rotatable bonds is 3.